The highest BCUT2D eigenvalue weighted by Crippen LogP contribution is 2.24. The van der Waals surface area contributed by atoms with Crippen LogP contribution in [0, 0.1) is 0 Å². The number of hydrogen-bond donors (Lipinski definition) is 1. The van der Waals surface area contributed by atoms with Gasteiger partial charge in [0, 0.05) is 32.5 Å². The van der Waals surface area contributed by atoms with Crippen LogP contribution in [0.15, 0.2) is 0 Å². The van der Waals surface area contributed by atoms with Gasteiger partial charge in [-0.25, -0.2) is 0 Å². The lowest BCUT2D eigenvalue weighted by Gasteiger charge is -2.38. The van der Waals surface area contributed by atoms with Gasteiger partial charge in [0.2, 0.25) is 0 Å². The van der Waals surface area contributed by atoms with E-state index in [0.29, 0.717) is 6.47 Å². The summed E-state index contributed by atoms with van der Waals surface area (Å²) in [6, 6.07) is 0. The molecule has 0 bridgehead atoms. The number of ether oxygens (including phenoxy) is 1. The maximum Gasteiger partial charge on any atom is 0.293 e. The molecule has 1 aliphatic rings. The van der Waals surface area contributed by atoms with Gasteiger partial charge in [-0.05, 0) is 14.1 Å². The monoisotopic (exact) mass is 216 g/mol. The Labute approximate surface area is 93.0 Å². The van der Waals surface area contributed by atoms with Crippen molar-refractivity contribution < 1.29 is 9.53 Å². The highest BCUT2D eigenvalue weighted by Gasteiger charge is 2.34. The van der Waals surface area contributed by atoms with E-state index in [9.17, 15) is 4.79 Å². The molecular formula is C11H24N2O2. The number of rotatable bonds is 4. The topological polar surface area (TPSA) is 41.6 Å². The third-order valence-corrected chi connectivity index (χ3v) is 2.70. The molecule has 0 spiro atoms. The fourth-order valence-electron chi connectivity index (χ4n) is 1.79. The van der Waals surface area contributed by atoms with Crippen molar-refractivity contribution in [1.82, 2.24) is 10.2 Å². The number of likely N-dealkylation sites (N-methyl/N-ethyl adjacent to an activating group) is 1. The predicted molar refractivity (Wildman–Crippen MR) is 61.9 cm³/mol. The summed E-state index contributed by atoms with van der Waals surface area (Å²) in [6.07, 6.45) is 1.84. The molecule has 0 aromatic rings. The third kappa shape index (κ3) is 4.62. The summed E-state index contributed by atoms with van der Waals surface area (Å²) in [5.41, 5.74) is -0.261. The van der Waals surface area contributed by atoms with Gasteiger partial charge in [0.1, 0.15) is 5.60 Å². The zero-order valence-corrected chi connectivity index (χ0v) is 10.4. The average Bonchev–Trinajstić information content (AvgIpc) is 2.26. The molecule has 1 saturated heterocycles. The normalized spacial score (nSPS) is 20.0. The van der Waals surface area contributed by atoms with Gasteiger partial charge >= 0.3 is 0 Å². The molecule has 0 saturated carbocycles. The van der Waals surface area contributed by atoms with Gasteiger partial charge in [-0.15, -0.1) is 0 Å². The molecule has 90 valence electrons. The quantitative estimate of drug-likeness (QED) is 0.708. The zero-order valence-electron chi connectivity index (χ0n) is 10.4. The van der Waals surface area contributed by atoms with Crippen molar-refractivity contribution in [2.75, 3.05) is 33.7 Å². The molecule has 0 unspecified atom stereocenters. The Morgan fingerprint density at radius 1 is 1.40 bits per heavy atom. The molecule has 4 heteroatoms. The molecule has 1 N–H and O–H groups in total. The fraction of sp³-hybridized carbons (Fsp3) is 0.909. The number of carbonyl (C=O) groups excluding carboxylic acids is 1. The van der Waals surface area contributed by atoms with E-state index >= 15 is 0 Å². The van der Waals surface area contributed by atoms with Crippen LogP contribution in [0.1, 0.15) is 26.7 Å². The minimum absolute atomic E-state index is 0.261. The molecule has 1 heterocycles. The first-order valence-corrected chi connectivity index (χ1v) is 5.67. The van der Waals surface area contributed by atoms with Crippen LogP contribution in [0.4, 0.5) is 0 Å². The van der Waals surface area contributed by atoms with Crippen LogP contribution in [0.25, 0.3) is 0 Å². The number of hydrogen-bond acceptors (Lipinski definition) is 4. The minimum Gasteiger partial charge on any atom is -0.460 e. The van der Waals surface area contributed by atoms with E-state index in [2.05, 4.69) is 17.3 Å². The van der Waals surface area contributed by atoms with Crippen molar-refractivity contribution in [2.45, 2.75) is 32.3 Å². The van der Waals surface area contributed by atoms with Gasteiger partial charge < -0.3 is 15.0 Å². The maximum atomic E-state index is 10.4. The van der Waals surface area contributed by atoms with Gasteiger partial charge in [0.15, 0.2) is 0 Å². The standard InChI is InChI=1S/C9H18N2O2.C2H6/c1-10-7-9(13-8-12)3-5-11(2)6-4-9;1-2/h8,10H,3-7H2,1-2H3;1-2H3. The first-order valence-electron chi connectivity index (χ1n) is 5.67. The molecule has 0 atom stereocenters. The van der Waals surface area contributed by atoms with Crippen LogP contribution >= 0.6 is 0 Å². The van der Waals surface area contributed by atoms with Crippen molar-refractivity contribution in [1.29, 1.82) is 0 Å². The molecule has 4 nitrogen and oxygen atoms in total. The Kier molecular flexibility index (Phi) is 7.34. The van der Waals surface area contributed by atoms with Crippen LogP contribution in [0.3, 0.4) is 0 Å². The van der Waals surface area contributed by atoms with E-state index < -0.39 is 0 Å². The van der Waals surface area contributed by atoms with E-state index in [1.165, 1.54) is 0 Å². The first kappa shape index (κ1) is 14.4. The number of piperidine rings is 1. The zero-order chi connectivity index (χ0) is 11.7. The van der Waals surface area contributed by atoms with E-state index in [-0.39, 0.29) is 5.60 Å². The summed E-state index contributed by atoms with van der Waals surface area (Å²) in [6.45, 7) is 7.31. The van der Waals surface area contributed by atoms with Crippen LogP contribution in [-0.2, 0) is 9.53 Å². The number of nitrogens with one attached hydrogen (secondary N) is 1. The van der Waals surface area contributed by atoms with Crippen molar-refractivity contribution in [2.24, 2.45) is 0 Å². The molecule has 0 aromatic heterocycles. The highest BCUT2D eigenvalue weighted by molar-refractivity contribution is 5.38. The predicted octanol–water partition coefficient (Wildman–Crippen LogP) is 0.869. The Morgan fingerprint density at radius 2 is 1.93 bits per heavy atom. The van der Waals surface area contributed by atoms with Crippen molar-refractivity contribution in [3.8, 4) is 0 Å². The molecule has 15 heavy (non-hydrogen) atoms. The summed E-state index contributed by atoms with van der Waals surface area (Å²) >= 11 is 0. The number of likely N-dealkylation sites (tertiary alicyclic amines) is 1. The molecule has 0 amide bonds. The van der Waals surface area contributed by atoms with Gasteiger partial charge in [-0.1, -0.05) is 13.8 Å². The molecule has 1 rings (SSSR count). The van der Waals surface area contributed by atoms with Crippen LogP contribution in [0.2, 0.25) is 0 Å². The van der Waals surface area contributed by atoms with E-state index in [0.717, 1.165) is 32.5 Å². The third-order valence-electron chi connectivity index (χ3n) is 2.70. The van der Waals surface area contributed by atoms with Crippen LogP contribution in [-0.4, -0.2) is 50.7 Å². The summed E-state index contributed by atoms with van der Waals surface area (Å²) in [5, 5.41) is 3.08. The van der Waals surface area contributed by atoms with Gasteiger partial charge in [0.05, 0.1) is 0 Å². The minimum atomic E-state index is -0.261. The van der Waals surface area contributed by atoms with E-state index in [1.54, 1.807) is 0 Å². The molecular weight excluding hydrogens is 192 g/mol. The average molecular weight is 216 g/mol. The number of carbonyl (C=O) groups is 1. The fourth-order valence-corrected chi connectivity index (χ4v) is 1.79. The van der Waals surface area contributed by atoms with Gasteiger partial charge in [0.25, 0.3) is 6.47 Å². The lowest BCUT2D eigenvalue weighted by atomic mass is 9.91. The van der Waals surface area contributed by atoms with E-state index in [4.69, 9.17) is 4.74 Å². The van der Waals surface area contributed by atoms with Gasteiger partial charge in [-0.3, -0.25) is 4.79 Å². The van der Waals surface area contributed by atoms with Crippen molar-refractivity contribution in [3.05, 3.63) is 0 Å². The smallest absolute Gasteiger partial charge is 0.293 e. The lowest BCUT2D eigenvalue weighted by molar-refractivity contribution is -0.147. The second kappa shape index (κ2) is 7.65. The summed E-state index contributed by atoms with van der Waals surface area (Å²) in [5.74, 6) is 0. The Hall–Kier alpha value is -0.610. The van der Waals surface area contributed by atoms with E-state index in [1.807, 2.05) is 20.9 Å². The van der Waals surface area contributed by atoms with Crippen LogP contribution < -0.4 is 5.32 Å². The summed E-state index contributed by atoms with van der Waals surface area (Å²) < 4.78 is 5.19. The molecule has 1 aliphatic heterocycles. The summed E-state index contributed by atoms with van der Waals surface area (Å²) in [7, 11) is 3.97. The van der Waals surface area contributed by atoms with Crippen molar-refractivity contribution in [3.63, 3.8) is 0 Å². The Balaban J connectivity index is 0.000000921. The first-order chi connectivity index (χ1) is 7.22. The summed E-state index contributed by atoms with van der Waals surface area (Å²) in [4.78, 5) is 12.6. The molecule has 0 aliphatic carbocycles. The Bertz CT molecular complexity index is 166. The SMILES string of the molecule is CC.CNCC1(OC=O)CCN(C)CC1. The lowest BCUT2D eigenvalue weighted by Crippen LogP contribution is -2.50. The maximum absolute atomic E-state index is 10.4. The second-order valence-corrected chi connectivity index (χ2v) is 3.73. The highest BCUT2D eigenvalue weighted by atomic mass is 16.5. The molecule has 0 radical (unpaired) electrons. The molecule has 0 aromatic carbocycles. The number of nitrogens with zero attached hydrogens (tertiary/aromatic N) is 1. The largest absolute Gasteiger partial charge is 0.460 e. The Morgan fingerprint density at radius 3 is 2.33 bits per heavy atom. The second-order valence-electron chi connectivity index (χ2n) is 3.73. The van der Waals surface area contributed by atoms with Gasteiger partial charge in [-0.2, -0.15) is 0 Å². The van der Waals surface area contributed by atoms with Crippen LogP contribution in [0.5, 0.6) is 0 Å². The molecule has 1 fully saturated rings. The van der Waals surface area contributed by atoms with Crippen molar-refractivity contribution >= 4 is 6.47 Å².